The van der Waals surface area contributed by atoms with Crippen molar-refractivity contribution in [2.24, 2.45) is 0 Å². The minimum atomic E-state index is -4.32. The SMILES string of the molecule is CON(C)S(=O)(=O)c1c(Cl)ccc(Nc2c(NC(CCO)c3ccccc3)c(=O)c2=O)c1O. The van der Waals surface area contributed by atoms with E-state index < -0.39 is 37.6 Å². The van der Waals surface area contributed by atoms with Gasteiger partial charge in [0.25, 0.3) is 20.9 Å². The lowest BCUT2D eigenvalue weighted by molar-refractivity contribution is -0.0259. The summed E-state index contributed by atoms with van der Waals surface area (Å²) in [7, 11) is -2.07. The normalized spacial score (nSPS) is 12.8. The molecule has 176 valence electrons. The number of hydrogen-bond acceptors (Lipinski definition) is 9. The Morgan fingerprint density at radius 1 is 1.09 bits per heavy atom. The number of benzene rings is 2. The average molecular weight is 496 g/mol. The van der Waals surface area contributed by atoms with Crippen molar-refractivity contribution in [3.63, 3.8) is 0 Å². The second kappa shape index (κ2) is 9.89. The number of aromatic hydroxyl groups is 1. The Hall–Kier alpha value is -2.96. The summed E-state index contributed by atoms with van der Waals surface area (Å²) in [6.45, 7) is -0.170. The van der Waals surface area contributed by atoms with E-state index in [4.69, 9.17) is 16.4 Å². The number of aliphatic hydroxyl groups excluding tert-OH is 1. The first-order chi connectivity index (χ1) is 15.6. The number of phenolic OH excluding ortho intramolecular Hbond substituents is 1. The molecule has 4 N–H and O–H groups in total. The van der Waals surface area contributed by atoms with E-state index in [1.54, 1.807) is 24.3 Å². The van der Waals surface area contributed by atoms with Gasteiger partial charge in [-0.2, -0.15) is 0 Å². The predicted molar refractivity (Wildman–Crippen MR) is 124 cm³/mol. The first kappa shape index (κ1) is 24.7. The van der Waals surface area contributed by atoms with Crippen LogP contribution in [0.1, 0.15) is 18.0 Å². The van der Waals surface area contributed by atoms with Crippen molar-refractivity contribution >= 4 is 38.7 Å². The fraction of sp³-hybridized carbons (Fsp3) is 0.238. The molecule has 0 aliphatic carbocycles. The molecule has 0 fully saturated rings. The van der Waals surface area contributed by atoms with Gasteiger partial charge in [0.1, 0.15) is 16.3 Å². The van der Waals surface area contributed by atoms with Crippen LogP contribution in [0.25, 0.3) is 0 Å². The zero-order valence-electron chi connectivity index (χ0n) is 17.7. The molecule has 0 amide bonds. The Morgan fingerprint density at radius 3 is 2.33 bits per heavy atom. The van der Waals surface area contributed by atoms with E-state index in [-0.39, 0.29) is 35.1 Å². The van der Waals surface area contributed by atoms with Crippen molar-refractivity contribution in [1.29, 1.82) is 0 Å². The highest BCUT2D eigenvalue weighted by molar-refractivity contribution is 7.89. The molecule has 12 heteroatoms. The van der Waals surface area contributed by atoms with Gasteiger partial charge in [0, 0.05) is 13.7 Å². The van der Waals surface area contributed by atoms with Gasteiger partial charge in [0.05, 0.1) is 23.9 Å². The van der Waals surface area contributed by atoms with E-state index in [1.165, 1.54) is 12.1 Å². The lowest BCUT2D eigenvalue weighted by atomic mass is 10.0. The highest BCUT2D eigenvalue weighted by Crippen LogP contribution is 2.40. The van der Waals surface area contributed by atoms with Crippen molar-refractivity contribution in [3.8, 4) is 5.75 Å². The Bertz CT molecular complexity index is 1320. The number of nitrogens with zero attached hydrogens (tertiary/aromatic N) is 1. The van der Waals surface area contributed by atoms with Crippen molar-refractivity contribution in [2.75, 3.05) is 31.4 Å². The first-order valence-corrected chi connectivity index (χ1v) is 11.5. The Balaban J connectivity index is 1.98. The molecule has 0 saturated heterocycles. The van der Waals surface area contributed by atoms with Gasteiger partial charge in [0.2, 0.25) is 0 Å². The van der Waals surface area contributed by atoms with Gasteiger partial charge in [0.15, 0.2) is 5.75 Å². The minimum Gasteiger partial charge on any atom is -0.504 e. The molecule has 1 atom stereocenters. The summed E-state index contributed by atoms with van der Waals surface area (Å²) in [4.78, 5) is 28.6. The standard InChI is InChI=1S/C21H22ClN3O7S/c1-25(32-2)33(30,31)21-13(22)8-9-15(18(21)27)24-17-16(19(28)20(17)29)23-14(10-11-26)12-6-4-3-5-7-12/h3-9,14,23-24,26-27H,10-11H2,1-2H3. The number of nitrogens with one attached hydrogen (secondary N) is 2. The van der Waals surface area contributed by atoms with Crippen LogP contribution in [0.4, 0.5) is 17.1 Å². The van der Waals surface area contributed by atoms with Crippen molar-refractivity contribution in [3.05, 3.63) is 73.5 Å². The molecule has 0 bridgehead atoms. The summed E-state index contributed by atoms with van der Waals surface area (Å²) in [5.41, 5.74) is -1.19. The van der Waals surface area contributed by atoms with E-state index >= 15 is 0 Å². The number of anilines is 3. The number of rotatable bonds is 10. The summed E-state index contributed by atoms with van der Waals surface area (Å²) < 4.78 is 25.8. The lowest BCUT2D eigenvalue weighted by Gasteiger charge is -2.23. The molecule has 0 aromatic heterocycles. The van der Waals surface area contributed by atoms with Crippen molar-refractivity contribution in [2.45, 2.75) is 17.4 Å². The first-order valence-electron chi connectivity index (χ1n) is 9.70. The van der Waals surface area contributed by atoms with Crippen LogP contribution in [0.2, 0.25) is 5.02 Å². The molecule has 0 aliphatic rings. The van der Waals surface area contributed by atoms with Gasteiger partial charge in [-0.1, -0.05) is 46.4 Å². The third kappa shape index (κ3) is 4.72. The quantitative estimate of drug-likeness (QED) is 0.189. The van der Waals surface area contributed by atoms with Gasteiger partial charge in [-0.15, -0.1) is 0 Å². The van der Waals surface area contributed by atoms with Gasteiger partial charge < -0.3 is 20.8 Å². The molecule has 0 radical (unpaired) electrons. The van der Waals surface area contributed by atoms with Crippen LogP contribution in [0.3, 0.4) is 0 Å². The van der Waals surface area contributed by atoms with E-state index in [2.05, 4.69) is 10.6 Å². The largest absolute Gasteiger partial charge is 0.504 e. The molecule has 0 heterocycles. The number of hydroxylamine groups is 1. The third-order valence-electron chi connectivity index (χ3n) is 5.05. The number of hydrogen-bond donors (Lipinski definition) is 4. The molecule has 0 aliphatic heterocycles. The summed E-state index contributed by atoms with van der Waals surface area (Å²) in [5, 5.41) is 25.3. The van der Waals surface area contributed by atoms with Gasteiger partial charge in [-0.3, -0.25) is 14.4 Å². The second-order valence-corrected chi connectivity index (χ2v) is 9.30. The molecule has 0 saturated carbocycles. The summed E-state index contributed by atoms with van der Waals surface area (Å²) in [6.07, 6.45) is 0.264. The van der Waals surface area contributed by atoms with Crippen LogP contribution in [0.5, 0.6) is 5.75 Å². The summed E-state index contributed by atoms with van der Waals surface area (Å²) in [6, 6.07) is 11.1. The van der Waals surface area contributed by atoms with E-state index in [0.717, 1.165) is 19.7 Å². The molecular formula is C21H22ClN3O7S. The third-order valence-corrected chi connectivity index (χ3v) is 7.23. The molecule has 0 spiro atoms. The van der Waals surface area contributed by atoms with Crippen LogP contribution >= 0.6 is 11.6 Å². The molecular weight excluding hydrogens is 474 g/mol. The smallest absolute Gasteiger partial charge is 0.269 e. The molecule has 1 unspecified atom stereocenters. The Morgan fingerprint density at radius 2 is 1.73 bits per heavy atom. The second-order valence-electron chi connectivity index (χ2n) is 7.02. The van der Waals surface area contributed by atoms with Crippen molar-refractivity contribution in [1.82, 2.24) is 4.47 Å². The maximum atomic E-state index is 12.6. The Kier molecular flexibility index (Phi) is 7.40. The monoisotopic (exact) mass is 495 g/mol. The van der Waals surface area contributed by atoms with Gasteiger partial charge in [-0.05, 0) is 24.1 Å². The molecule has 3 aromatic carbocycles. The molecule has 33 heavy (non-hydrogen) atoms. The lowest BCUT2D eigenvalue weighted by Crippen LogP contribution is -2.37. The van der Waals surface area contributed by atoms with E-state index in [0.29, 0.717) is 4.47 Å². The summed E-state index contributed by atoms with van der Waals surface area (Å²) in [5.74, 6) is -0.750. The maximum Gasteiger partial charge on any atom is 0.269 e. The van der Waals surface area contributed by atoms with Crippen LogP contribution in [0.15, 0.2) is 56.9 Å². The minimum absolute atomic E-state index is 0.0462. The zero-order chi connectivity index (χ0) is 24.3. The number of phenols is 1. The van der Waals surface area contributed by atoms with Gasteiger partial charge in [-0.25, -0.2) is 8.42 Å². The Labute approximate surface area is 194 Å². The number of halogens is 1. The average Bonchev–Trinajstić information content (AvgIpc) is 2.81. The van der Waals surface area contributed by atoms with Crippen LogP contribution in [-0.2, 0) is 14.9 Å². The van der Waals surface area contributed by atoms with E-state index in [1.807, 2.05) is 6.07 Å². The van der Waals surface area contributed by atoms with Crippen LogP contribution < -0.4 is 21.5 Å². The van der Waals surface area contributed by atoms with Gasteiger partial charge >= 0.3 is 0 Å². The number of sulfonamides is 1. The molecule has 3 rings (SSSR count). The molecule has 10 nitrogen and oxygen atoms in total. The molecule has 3 aromatic rings. The predicted octanol–water partition coefficient (Wildman–Crippen LogP) is 2.10. The van der Waals surface area contributed by atoms with Crippen LogP contribution in [0, 0.1) is 0 Å². The fourth-order valence-corrected chi connectivity index (χ4v) is 4.78. The van der Waals surface area contributed by atoms with Crippen LogP contribution in [-0.4, -0.2) is 43.9 Å². The van der Waals surface area contributed by atoms with Crippen molar-refractivity contribution < 1.29 is 23.5 Å². The zero-order valence-corrected chi connectivity index (χ0v) is 19.3. The number of aliphatic hydroxyl groups is 1. The highest BCUT2D eigenvalue weighted by Gasteiger charge is 2.31. The maximum absolute atomic E-state index is 12.6. The highest BCUT2D eigenvalue weighted by atomic mass is 35.5. The fourth-order valence-electron chi connectivity index (χ4n) is 3.21. The van der Waals surface area contributed by atoms with E-state index in [9.17, 15) is 28.2 Å². The summed E-state index contributed by atoms with van der Waals surface area (Å²) >= 11 is 6.01. The topological polar surface area (TPSA) is 145 Å².